The molecular formula is C11H17N3O6S. The van der Waals surface area contributed by atoms with Crippen molar-refractivity contribution in [3.05, 3.63) is 28.3 Å². The van der Waals surface area contributed by atoms with Crippen molar-refractivity contribution in [2.45, 2.75) is 4.90 Å². The van der Waals surface area contributed by atoms with Gasteiger partial charge in [-0.25, -0.2) is 8.42 Å². The molecular weight excluding hydrogens is 302 g/mol. The Labute approximate surface area is 122 Å². The van der Waals surface area contributed by atoms with E-state index in [0.29, 0.717) is 5.69 Å². The molecule has 1 rings (SSSR count). The third-order valence-corrected chi connectivity index (χ3v) is 4.71. The van der Waals surface area contributed by atoms with Gasteiger partial charge in [0.2, 0.25) is 10.0 Å². The largest absolute Gasteiger partial charge is 0.395 e. The van der Waals surface area contributed by atoms with Crippen LogP contribution in [0.25, 0.3) is 0 Å². The first-order valence-electron chi connectivity index (χ1n) is 6.06. The lowest BCUT2D eigenvalue weighted by atomic mass is 10.3. The van der Waals surface area contributed by atoms with E-state index in [1.165, 1.54) is 6.07 Å². The molecule has 0 heterocycles. The Morgan fingerprint density at radius 3 is 2.29 bits per heavy atom. The second-order valence-electron chi connectivity index (χ2n) is 4.04. The van der Waals surface area contributed by atoms with E-state index < -0.39 is 38.7 Å². The van der Waals surface area contributed by atoms with Crippen LogP contribution < -0.4 is 5.32 Å². The van der Waals surface area contributed by atoms with Crippen molar-refractivity contribution in [3.8, 4) is 0 Å². The molecule has 0 saturated heterocycles. The first-order valence-corrected chi connectivity index (χ1v) is 7.50. The van der Waals surface area contributed by atoms with Gasteiger partial charge in [-0.3, -0.25) is 10.1 Å². The fraction of sp³-hybridized carbons (Fsp3) is 0.455. The van der Waals surface area contributed by atoms with E-state index >= 15 is 0 Å². The molecule has 3 N–H and O–H groups in total. The van der Waals surface area contributed by atoms with E-state index in [1.807, 2.05) is 0 Å². The molecule has 10 heteroatoms. The summed E-state index contributed by atoms with van der Waals surface area (Å²) in [6, 6.07) is 3.64. The molecule has 0 bridgehead atoms. The van der Waals surface area contributed by atoms with Crippen molar-refractivity contribution in [1.29, 1.82) is 0 Å². The summed E-state index contributed by atoms with van der Waals surface area (Å²) in [5.41, 5.74) is -0.167. The highest BCUT2D eigenvalue weighted by Crippen LogP contribution is 2.29. The normalized spacial score (nSPS) is 11.6. The van der Waals surface area contributed by atoms with Crippen LogP contribution in [0, 0.1) is 10.1 Å². The highest BCUT2D eigenvalue weighted by molar-refractivity contribution is 7.89. The number of hydrogen-bond donors (Lipinski definition) is 3. The van der Waals surface area contributed by atoms with Gasteiger partial charge in [-0.1, -0.05) is 0 Å². The molecule has 1 aromatic carbocycles. The summed E-state index contributed by atoms with van der Waals surface area (Å²) in [4.78, 5) is 9.80. The van der Waals surface area contributed by atoms with Crippen molar-refractivity contribution in [3.63, 3.8) is 0 Å². The molecule has 0 amide bonds. The van der Waals surface area contributed by atoms with Gasteiger partial charge in [0.05, 0.1) is 18.1 Å². The molecule has 0 unspecified atom stereocenters. The SMILES string of the molecule is CNc1ccc(S(=O)(=O)N(CCO)CCO)c([N+](=O)[O-])c1. The number of nitro benzene ring substituents is 1. The molecule has 0 saturated carbocycles. The number of nitro groups is 1. The molecule has 0 aliphatic heterocycles. The Bertz CT molecular complexity index is 598. The Morgan fingerprint density at radius 2 is 1.86 bits per heavy atom. The van der Waals surface area contributed by atoms with Crippen LogP contribution in [0.15, 0.2) is 23.1 Å². The number of nitrogens with zero attached hydrogens (tertiary/aromatic N) is 2. The average Bonchev–Trinajstić information content (AvgIpc) is 2.46. The van der Waals surface area contributed by atoms with Gasteiger partial charge >= 0.3 is 0 Å². The Balaban J connectivity index is 3.38. The molecule has 0 atom stereocenters. The minimum atomic E-state index is -4.18. The molecule has 0 fully saturated rings. The lowest BCUT2D eigenvalue weighted by Crippen LogP contribution is -2.36. The van der Waals surface area contributed by atoms with E-state index in [4.69, 9.17) is 10.2 Å². The Hall–Kier alpha value is -1.75. The predicted octanol–water partition coefficient (Wildman–Crippen LogP) is -0.388. The molecule has 0 aromatic heterocycles. The number of aliphatic hydroxyl groups excluding tert-OH is 2. The van der Waals surface area contributed by atoms with E-state index in [-0.39, 0.29) is 13.1 Å². The van der Waals surface area contributed by atoms with Crippen LogP contribution in [-0.2, 0) is 10.0 Å². The Morgan fingerprint density at radius 1 is 1.29 bits per heavy atom. The van der Waals surface area contributed by atoms with Crippen molar-refractivity contribution in [2.75, 3.05) is 38.7 Å². The molecule has 118 valence electrons. The summed E-state index contributed by atoms with van der Waals surface area (Å²) in [6.07, 6.45) is 0. The fourth-order valence-electron chi connectivity index (χ4n) is 1.75. The summed E-state index contributed by atoms with van der Waals surface area (Å²) < 4.78 is 25.6. The molecule has 0 spiro atoms. The molecule has 21 heavy (non-hydrogen) atoms. The smallest absolute Gasteiger partial charge is 0.291 e. The van der Waals surface area contributed by atoms with Crippen LogP contribution in [0.4, 0.5) is 11.4 Å². The lowest BCUT2D eigenvalue weighted by molar-refractivity contribution is -0.387. The topological polar surface area (TPSA) is 133 Å². The van der Waals surface area contributed by atoms with Crippen LogP contribution in [-0.4, -0.2) is 61.2 Å². The van der Waals surface area contributed by atoms with Gasteiger partial charge in [0.15, 0.2) is 4.90 Å². The van der Waals surface area contributed by atoms with E-state index in [1.54, 1.807) is 7.05 Å². The molecule has 1 aromatic rings. The standard InChI is InChI=1S/C11H17N3O6S/c1-12-9-2-3-11(10(8-9)14(17)18)21(19,20)13(4-6-15)5-7-16/h2-3,8,12,15-16H,4-7H2,1H3. The fourth-order valence-corrected chi connectivity index (χ4v) is 3.31. The summed E-state index contributed by atoms with van der Waals surface area (Å²) >= 11 is 0. The summed E-state index contributed by atoms with van der Waals surface area (Å²) in [6.45, 7) is -1.43. The van der Waals surface area contributed by atoms with Crippen LogP contribution in [0.5, 0.6) is 0 Å². The highest BCUT2D eigenvalue weighted by Gasteiger charge is 2.31. The molecule has 9 nitrogen and oxygen atoms in total. The van der Waals surface area contributed by atoms with Crippen molar-refractivity contribution in [2.24, 2.45) is 0 Å². The van der Waals surface area contributed by atoms with E-state index in [2.05, 4.69) is 5.32 Å². The highest BCUT2D eigenvalue weighted by atomic mass is 32.2. The van der Waals surface area contributed by atoms with Crippen LogP contribution in [0.3, 0.4) is 0 Å². The molecule has 0 radical (unpaired) electrons. The first kappa shape index (κ1) is 17.3. The van der Waals surface area contributed by atoms with Crippen molar-refractivity contribution in [1.82, 2.24) is 4.31 Å². The number of sulfonamides is 1. The monoisotopic (exact) mass is 319 g/mol. The second-order valence-corrected chi connectivity index (χ2v) is 5.95. The van der Waals surface area contributed by atoms with Gasteiger partial charge in [0.1, 0.15) is 0 Å². The third kappa shape index (κ3) is 3.88. The maximum atomic E-state index is 12.4. The zero-order valence-corrected chi connectivity index (χ0v) is 12.2. The molecule has 0 aliphatic rings. The van der Waals surface area contributed by atoms with E-state index in [0.717, 1.165) is 16.4 Å². The van der Waals surface area contributed by atoms with Gasteiger partial charge in [0.25, 0.3) is 5.69 Å². The van der Waals surface area contributed by atoms with Crippen molar-refractivity contribution < 1.29 is 23.6 Å². The maximum Gasteiger partial charge on any atom is 0.291 e. The minimum Gasteiger partial charge on any atom is -0.395 e. The zero-order valence-electron chi connectivity index (χ0n) is 11.4. The number of anilines is 1. The average molecular weight is 319 g/mol. The van der Waals surface area contributed by atoms with Crippen LogP contribution in [0.1, 0.15) is 0 Å². The minimum absolute atomic E-state index is 0.256. The van der Waals surface area contributed by atoms with Gasteiger partial charge in [-0.05, 0) is 12.1 Å². The number of rotatable bonds is 8. The third-order valence-electron chi connectivity index (χ3n) is 2.76. The van der Waals surface area contributed by atoms with Gasteiger partial charge < -0.3 is 15.5 Å². The maximum absolute atomic E-state index is 12.4. The summed E-state index contributed by atoms with van der Waals surface area (Å²) in [5.74, 6) is 0. The summed E-state index contributed by atoms with van der Waals surface area (Å²) in [5, 5.41) is 31.6. The van der Waals surface area contributed by atoms with Crippen molar-refractivity contribution >= 4 is 21.4 Å². The van der Waals surface area contributed by atoms with Gasteiger partial charge in [0, 0.05) is 31.9 Å². The molecule has 0 aliphatic carbocycles. The summed E-state index contributed by atoms with van der Waals surface area (Å²) in [7, 11) is -2.63. The number of aliphatic hydroxyl groups is 2. The van der Waals surface area contributed by atoms with Gasteiger partial charge in [-0.2, -0.15) is 4.31 Å². The Kier molecular flexibility index (Phi) is 6.03. The number of benzene rings is 1. The quantitative estimate of drug-likeness (QED) is 0.439. The second kappa shape index (κ2) is 7.31. The van der Waals surface area contributed by atoms with E-state index in [9.17, 15) is 18.5 Å². The zero-order chi connectivity index (χ0) is 16.0. The lowest BCUT2D eigenvalue weighted by Gasteiger charge is -2.20. The predicted molar refractivity (Wildman–Crippen MR) is 75.6 cm³/mol. The van der Waals surface area contributed by atoms with Gasteiger partial charge in [-0.15, -0.1) is 0 Å². The first-order chi connectivity index (χ1) is 9.88. The number of hydrogen-bond acceptors (Lipinski definition) is 7. The number of nitrogens with one attached hydrogen (secondary N) is 1. The van der Waals surface area contributed by atoms with Crippen LogP contribution in [0.2, 0.25) is 0 Å². The van der Waals surface area contributed by atoms with Crippen LogP contribution >= 0.6 is 0 Å².